The van der Waals surface area contributed by atoms with E-state index in [4.69, 9.17) is 20.7 Å². The van der Waals surface area contributed by atoms with E-state index in [-0.39, 0.29) is 30.7 Å². The van der Waals surface area contributed by atoms with Gasteiger partial charge in [0.15, 0.2) is 6.10 Å². The van der Waals surface area contributed by atoms with Crippen LogP contribution in [0, 0.1) is 29.6 Å². The standard InChI is InChI=1S/C25H41N3O10/c1-28(12-17(30)20(32)21(33)18(31)13-29)23(34)22(19-14-8-4-2-3-5-9-15(14)19)38-25(37)27-11-7-6-10-16(26)24(35)36/h14-22,29-33H,4-13,26H2,1H3,(H,27,37)(H,35,36)/t14-,15+,16-,17-,18+,19?,20+,21+,22?/m0/s1. The molecule has 9 atom stereocenters. The van der Waals surface area contributed by atoms with Crippen molar-refractivity contribution >= 4 is 18.0 Å². The summed E-state index contributed by atoms with van der Waals surface area (Å²) < 4.78 is 5.57. The lowest BCUT2D eigenvalue weighted by atomic mass is 10.0. The van der Waals surface area contributed by atoms with Crippen molar-refractivity contribution in [1.82, 2.24) is 10.2 Å². The van der Waals surface area contributed by atoms with Gasteiger partial charge in [0, 0.05) is 38.9 Å². The van der Waals surface area contributed by atoms with E-state index in [1.807, 2.05) is 0 Å². The van der Waals surface area contributed by atoms with Gasteiger partial charge in [0.2, 0.25) is 0 Å². The number of carbonyl (C=O) groups is 3. The van der Waals surface area contributed by atoms with Gasteiger partial charge in [-0.3, -0.25) is 9.59 Å². The zero-order valence-corrected chi connectivity index (χ0v) is 21.6. The number of aliphatic carboxylic acids is 1. The molecular formula is C25H41N3O10. The average Bonchev–Trinajstić information content (AvgIpc) is 3.54. The van der Waals surface area contributed by atoms with Gasteiger partial charge in [-0.2, -0.15) is 0 Å². The summed E-state index contributed by atoms with van der Waals surface area (Å²) >= 11 is 0. The Bertz CT molecular complexity index is 844. The number of hydrogen-bond donors (Lipinski definition) is 8. The van der Waals surface area contributed by atoms with Crippen molar-refractivity contribution < 1.29 is 49.8 Å². The van der Waals surface area contributed by atoms with Crippen molar-refractivity contribution in [2.75, 3.05) is 26.7 Å². The number of fused-ring (bicyclic) bond motifs is 1. The van der Waals surface area contributed by atoms with E-state index in [9.17, 15) is 34.8 Å². The Balaban J connectivity index is 2.00. The second kappa shape index (κ2) is 15.2. The number of unbranched alkanes of at least 4 members (excludes halogenated alkanes) is 1. The van der Waals surface area contributed by atoms with Crippen molar-refractivity contribution in [3.05, 3.63) is 0 Å². The maximum atomic E-state index is 13.4. The maximum absolute atomic E-state index is 13.4. The van der Waals surface area contributed by atoms with Gasteiger partial charge in [-0.1, -0.05) is 0 Å². The Kier molecular flexibility index (Phi) is 12.7. The van der Waals surface area contributed by atoms with Crippen molar-refractivity contribution in [1.29, 1.82) is 0 Å². The van der Waals surface area contributed by atoms with Crippen molar-refractivity contribution in [3.8, 4) is 11.8 Å². The van der Waals surface area contributed by atoms with Crippen LogP contribution in [0.25, 0.3) is 0 Å². The number of ether oxygens (including phenoxy) is 1. The molecule has 13 nitrogen and oxygen atoms in total. The summed E-state index contributed by atoms with van der Waals surface area (Å²) in [5.41, 5.74) is 5.46. The third-order valence-corrected chi connectivity index (χ3v) is 7.25. The predicted molar refractivity (Wildman–Crippen MR) is 133 cm³/mol. The summed E-state index contributed by atoms with van der Waals surface area (Å²) in [6.45, 7) is -1.06. The van der Waals surface area contributed by atoms with Gasteiger partial charge in [-0.05, 0) is 43.9 Å². The maximum Gasteiger partial charge on any atom is 0.407 e. The molecule has 2 unspecified atom stereocenters. The first-order valence-electron chi connectivity index (χ1n) is 13.0. The fourth-order valence-corrected chi connectivity index (χ4v) is 4.90. The largest absolute Gasteiger partial charge is 0.480 e. The molecule has 38 heavy (non-hydrogen) atoms. The summed E-state index contributed by atoms with van der Waals surface area (Å²) in [5.74, 6) is 4.53. The molecule has 0 aromatic rings. The summed E-state index contributed by atoms with van der Waals surface area (Å²) in [6, 6.07) is -0.975. The molecule has 0 radical (unpaired) electrons. The summed E-state index contributed by atoms with van der Waals surface area (Å²) in [7, 11) is 1.36. The number of nitrogens with two attached hydrogens (primary N) is 1. The van der Waals surface area contributed by atoms with Gasteiger partial charge in [-0.15, -0.1) is 11.8 Å². The van der Waals surface area contributed by atoms with Crippen molar-refractivity contribution in [2.24, 2.45) is 23.5 Å². The Labute approximate surface area is 221 Å². The molecule has 1 fully saturated rings. The van der Waals surface area contributed by atoms with Gasteiger partial charge >= 0.3 is 12.1 Å². The number of carboxylic acids is 1. The van der Waals surface area contributed by atoms with E-state index in [0.29, 0.717) is 25.7 Å². The molecular weight excluding hydrogens is 502 g/mol. The monoisotopic (exact) mass is 543 g/mol. The number of alkyl carbamates (subject to hydrolysis) is 1. The Morgan fingerprint density at radius 2 is 1.61 bits per heavy atom. The van der Waals surface area contributed by atoms with Crippen LogP contribution in [0.5, 0.6) is 0 Å². The second-order valence-corrected chi connectivity index (χ2v) is 10.0. The number of carbonyl (C=O) groups excluding carboxylic acids is 2. The Morgan fingerprint density at radius 3 is 2.16 bits per heavy atom. The van der Waals surface area contributed by atoms with Crippen LogP contribution in [0.2, 0.25) is 0 Å². The second-order valence-electron chi connectivity index (χ2n) is 10.0. The fraction of sp³-hybridized carbons (Fsp3) is 0.800. The smallest absolute Gasteiger partial charge is 0.407 e. The highest BCUT2D eigenvalue weighted by atomic mass is 16.6. The number of carboxylic acid groups (broad SMARTS) is 1. The van der Waals surface area contributed by atoms with Crippen LogP contribution in [0.4, 0.5) is 4.79 Å². The van der Waals surface area contributed by atoms with E-state index in [1.165, 1.54) is 7.05 Å². The third kappa shape index (κ3) is 9.07. The minimum Gasteiger partial charge on any atom is -0.480 e. The fourth-order valence-electron chi connectivity index (χ4n) is 4.90. The van der Waals surface area contributed by atoms with Gasteiger partial charge < -0.3 is 51.3 Å². The summed E-state index contributed by atoms with van der Waals surface area (Å²) in [6.07, 6.45) is -4.88. The number of amides is 2. The Morgan fingerprint density at radius 1 is 1.03 bits per heavy atom. The van der Waals surface area contributed by atoms with E-state index in [0.717, 1.165) is 17.7 Å². The van der Waals surface area contributed by atoms with Gasteiger partial charge in [0.1, 0.15) is 30.5 Å². The van der Waals surface area contributed by atoms with Gasteiger partial charge in [-0.25, -0.2) is 4.79 Å². The minimum atomic E-state index is -1.84. The number of aliphatic hydroxyl groups excluding tert-OH is 5. The number of nitrogens with zero attached hydrogens (tertiary/aromatic N) is 1. The molecule has 216 valence electrons. The molecule has 2 amide bonds. The molecule has 0 aliphatic heterocycles. The molecule has 13 heteroatoms. The van der Waals surface area contributed by atoms with Crippen molar-refractivity contribution in [3.63, 3.8) is 0 Å². The summed E-state index contributed by atoms with van der Waals surface area (Å²) in [5, 5.41) is 60.1. The number of rotatable bonds is 15. The number of hydrogen-bond acceptors (Lipinski definition) is 10. The topological polar surface area (TPSA) is 223 Å². The zero-order valence-electron chi connectivity index (χ0n) is 21.6. The van der Waals surface area contributed by atoms with E-state index >= 15 is 0 Å². The average molecular weight is 544 g/mol. The first-order chi connectivity index (χ1) is 18.0. The van der Waals surface area contributed by atoms with Crippen LogP contribution in [0.3, 0.4) is 0 Å². The number of nitrogens with one attached hydrogen (secondary N) is 1. The highest BCUT2D eigenvalue weighted by Crippen LogP contribution is 2.55. The molecule has 0 bridgehead atoms. The number of aliphatic hydroxyl groups is 5. The lowest BCUT2D eigenvalue weighted by molar-refractivity contribution is -0.146. The normalized spacial score (nSPS) is 25.0. The molecule has 2 aliphatic rings. The lowest BCUT2D eigenvalue weighted by Crippen LogP contribution is -2.51. The van der Waals surface area contributed by atoms with Crippen molar-refractivity contribution in [2.45, 2.75) is 81.5 Å². The third-order valence-electron chi connectivity index (χ3n) is 7.25. The molecule has 2 aliphatic carbocycles. The highest BCUT2D eigenvalue weighted by molar-refractivity contribution is 5.84. The van der Waals surface area contributed by atoms with Crippen LogP contribution in [-0.4, -0.2) is 117 Å². The molecule has 2 rings (SSSR count). The lowest BCUT2D eigenvalue weighted by Gasteiger charge is -2.30. The first kappa shape index (κ1) is 31.7. The molecule has 0 saturated heterocycles. The molecule has 1 saturated carbocycles. The highest BCUT2D eigenvalue weighted by Gasteiger charge is 2.57. The quantitative estimate of drug-likeness (QED) is 0.0833. The molecule has 0 heterocycles. The molecule has 0 spiro atoms. The minimum absolute atomic E-state index is 0.147. The molecule has 0 aromatic carbocycles. The van der Waals surface area contributed by atoms with Gasteiger partial charge in [0.25, 0.3) is 5.91 Å². The van der Waals surface area contributed by atoms with Crippen LogP contribution in [-0.2, 0) is 14.3 Å². The van der Waals surface area contributed by atoms with E-state index in [2.05, 4.69) is 17.2 Å². The Hall–Kier alpha value is -2.47. The molecule has 9 N–H and O–H groups in total. The van der Waals surface area contributed by atoms with E-state index in [1.54, 1.807) is 0 Å². The zero-order chi connectivity index (χ0) is 28.4. The van der Waals surface area contributed by atoms with Gasteiger partial charge in [0.05, 0.1) is 6.61 Å². The van der Waals surface area contributed by atoms with Crippen LogP contribution >= 0.6 is 0 Å². The van der Waals surface area contributed by atoms with Crippen LogP contribution in [0.1, 0.15) is 44.9 Å². The van der Waals surface area contributed by atoms with Crippen LogP contribution in [0.15, 0.2) is 0 Å². The predicted octanol–water partition coefficient (Wildman–Crippen LogP) is -2.00. The van der Waals surface area contributed by atoms with E-state index < -0.39 is 67.7 Å². The summed E-state index contributed by atoms with van der Waals surface area (Å²) in [4.78, 5) is 37.8. The SMILES string of the molecule is CN(C[C@H](O)[C@@H](O)[C@H](O)[C@H](O)CO)C(=O)C(OC(=O)NCCCC[C@H](N)C(=O)O)C1[C@H]2CCC#CCC[C@@H]12. The number of likely N-dealkylation sites (N-methyl/N-ethyl adjacent to an activating group) is 1. The van der Waals surface area contributed by atoms with Crippen LogP contribution < -0.4 is 11.1 Å². The molecule has 0 aromatic heterocycles. The first-order valence-corrected chi connectivity index (χ1v) is 13.0.